The Hall–Kier alpha value is -4.11. The number of anilines is 1. The van der Waals surface area contributed by atoms with Crippen molar-refractivity contribution in [3.8, 4) is 5.69 Å². The highest BCUT2D eigenvalue weighted by atomic mass is 32.2. The summed E-state index contributed by atoms with van der Waals surface area (Å²) in [6.07, 6.45) is 1.61. The second-order valence-corrected chi connectivity index (χ2v) is 9.59. The van der Waals surface area contributed by atoms with Gasteiger partial charge in [-0.1, -0.05) is 18.2 Å². The van der Waals surface area contributed by atoms with E-state index in [1.54, 1.807) is 34.9 Å². The summed E-state index contributed by atoms with van der Waals surface area (Å²) in [4.78, 5) is 50.9. The Kier molecular flexibility index (Phi) is 6.85. The van der Waals surface area contributed by atoms with Gasteiger partial charge in [-0.3, -0.25) is 19.3 Å². The van der Waals surface area contributed by atoms with Gasteiger partial charge >= 0.3 is 5.97 Å². The van der Waals surface area contributed by atoms with E-state index in [2.05, 4.69) is 5.32 Å². The molecule has 0 saturated carbocycles. The zero-order chi connectivity index (χ0) is 26.1. The number of aromatic nitrogens is 1. The normalized spacial score (nSPS) is 14.6. The molecular weight excluding hydrogens is 478 g/mol. The zero-order valence-corrected chi connectivity index (χ0v) is 21.1. The van der Waals surface area contributed by atoms with Crippen LogP contribution in [0.5, 0.6) is 0 Å². The third-order valence-electron chi connectivity index (χ3n) is 6.10. The number of nitrogens with zero attached hydrogens (tertiary/aromatic N) is 2. The third-order valence-corrected chi connectivity index (χ3v) is 7.01. The van der Waals surface area contributed by atoms with Gasteiger partial charge in [0.15, 0.2) is 0 Å². The van der Waals surface area contributed by atoms with Crippen molar-refractivity contribution in [2.24, 2.45) is 0 Å². The molecule has 1 aliphatic rings. The van der Waals surface area contributed by atoms with Crippen LogP contribution in [0.4, 0.5) is 10.5 Å². The standard InChI is InChI=1S/C27H25N3O5S/c1-15-9-10-20(11-16(15)2)28-24(31)14-29-25(32)23(36-27(29)35)13-19-12-17(3)30(18(19)4)22-8-6-5-7-21(22)26(33)34/h5-13H,14H2,1-4H3,(H,28,31)(H,33,34)/b23-13-. The fourth-order valence-electron chi connectivity index (χ4n) is 4.09. The average Bonchev–Trinajstić information content (AvgIpc) is 3.25. The van der Waals surface area contributed by atoms with Gasteiger partial charge < -0.3 is 15.0 Å². The van der Waals surface area contributed by atoms with Crippen LogP contribution in [0.25, 0.3) is 11.8 Å². The van der Waals surface area contributed by atoms with Gasteiger partial charge in [0.1, 0.15) is 6.54 Å². The molecule has 4 rings (SSSR count). The maximum Gasteiger partial charge on any atom is 0.337 e. The number of amides is 3. The van der Waals surface area contributed by atoms with E-state index >= 15 is 0 Å². The molecule has 0 aliphatic carbocycles. The number of hydrogen-bond donors (Lipinski definition) is 2. The van der Waals surface area contributed by atoms with Gasteiger partial charge in [0.2, 0.25) is 5.91 Å². The molecule has 0 bridgehead atoms. The van der Waals surface area contributed by atoms with Gasteiger partial charge in [0.05, 0.1) is 16.2 Å². The maximum atomic E-state index is 13.0. The molecule has 0 atom stereocenters. The Morgan fingerprint density at radius 2 is 1.72 bits per heavy atom. The van der Waals surface area contributed by atoms with Gasteiger partial charge in [-0.25, -0.2) is 4.79 Å². The first-order valence-corrected chi connectivity index (χ1v) is 12.0. The summed E-state index contributed by atoms with van der Waals surface area (Å²) < 4.78 is 1.80. The van der Waals surface area contributed by atoms with Crippen LogP contribution in [0.1, 0.15) is 38.4 Å². The number of carbonyl (C=O) groups is 4. The molecule has 3 aromatic rings. The summed E-state index contributed by atoms with van der Waals surface area (Å²) in [6.45, 7) is 7.17. The molecule has 9 heteroatoms. The number of carboxylic acids is 1. The van der Waals surface area contributed by atoms with Crippen LogP contribution < -0.4 is 5.32 Å². The molecule has 3 amide bonds. The highest BCUT2D eigenvalue weighted by Crippen LogP contribution is 2.34. The van der Waals surface area contributed by atoms with Crippen LogP contribution in [0, 0.1) is 27.7 Å². The number of imide groups is 1. The van der Waals surface area contributed by atoms with E-state index in [-0.39, 0.29) is 17.0 Å². The van der Waals surface area contributed by atoms with Gasteiger partial charge in [-0.15, -0.1) is 0 Å². The smallest absolute Gasteiger partial charge is 0.337 e. The van der Waals surface area contributed by atoms with Gasteiger partial charge in [-0.2, -0.15) is 0 Å². The Morgan fingerprint density at radius 1 is 1.00 bits per heavy atom. The highest BCUT2D eigenvalue weighted by molar-refractivity contribution is 8.18. The molecule has 184 valence electrons. The Bertz CT molecular complexity index is 1450. The van der Waals surface area contributed by atoms with Crippen LogP contribution in [0.3, 0.4) is 0 Å². The second kappa shape index (κ2) is 9.87. The van der Waals surface area contributed by atoms with Crippen molar-refractivity contribution in [3.63, 3.8) is 0 Å². The number of carbonyl (C=O) groups excluding carboxylic acids is 3. The first-order chi connectivity index (χ1) is 17.1. The van der Waals surface area contributed by atoms with Crippen LogP contribution in [0.2, 0.25) is 0 Å². The lowest BCUT2D eigenvalue weighted by Crippen LogP contribution is -2.36. The first kappa shape index (κ1) is 25.0. The lowest BCUT2D eigenvalue weighted by molar-refractivity contribution is -0.127. The number of aromatic carboxylic acids is 1. The average molecular weight is 504 g/mol. The molecule has 0 unspecified atom stereocenters. The number of benzene rings is 2. The number of hydrogen-bond acceptors (Lipinski definition) is 5. The summed E-state index contributed by atoms with van der Waals surface area (Å²) in [5, 5.41) is 11.8. The molecule has 8 nitrogen and oxygen atoms in total. The fraction of sp³-hybridized carbons (Fsp3) is 0.185. The summed E-state index contributed by atoms with van der Waals surface area (Å²) in [6, 6.07) is 14.0. The van der Waals surface area contributed by atoms with Crippen LogP contribution in [-0.4, -0.2) is 44.1 Å². The SMILES string of the molecule is Cc1ccc(NC(=O)CN2C(=O)S/C(=C\c3cc(C)n(-c4ccccc4C(=O)O)c3C)C2=O)cc1C. The lowest BCUT2D eigenvalue weighted by Gasteiger charge is -2.13. The van der Waals surface area contributed by atoms with Gasteiger partial charge in [0.25, 0.3) is 11.1 Å². The van der Waals surface area contributed by atoms with Crippen molar-refractivity contribution in [2.75, 3.05) is 11.9 Å². The largest absolute Gasteiger partial charge is 0.478 e. The van der Waals surface area contributed by atoms with Crippen LogP contribution in [0.15, 0.2) is 53.4 Å². The molecule has 1 saturated heterocycles. The number of carboxylic acid groups (broad SMARTS) is 1. The molecule has 2 heterocycles. The van der Waals surface area contributed by atoms with E-state index in [1.807, 2.05) is 45.9 Å². The number of rotatable bonds is 6. The molecule has 0 radical (unpaired) electrons. The fourth-order valence-corrected chi connectivity index (χ4v) is 4.92. The van der Waals surface area contributed by atoms with E-state index in [0.29, 0.717) is 16.9 Å². The highest BCUT2D eigenvalue weighted by Gasteiger charge is 2.36. The van der Waals surface area contributed by atoms with Crippen molar-refractivity contribution in [2.45, 2.75) is 27.7 Å². The van der Waals surface area contributed by atoms with Crippen molar-refractivity contribution in [1.82, 2.24) is 9.47 Å². The predicted octanol–water partition coefficient (Wildman–Crippen LogP) is 5.08. The summed E-state index contributed by atoms with van der Waals surface area (Å²) in [5.41, 5.74) is 5.55. The summed E-state index contributed by atoms with van der Waals surface area (Å²) in [7, 11) is 0. The van der Waals surface area contributed by atoms with E-state index in [4.69, 9.17) is 0 Å². The number of aryl methyl sites for hydroxylation is 3. The lowest BCUT2D eigenvalue weighted by atomic mass is 10.1. The topological polar surface area (TPSA) is 109 Å². The Labute approximate surface area is 212 Å². The quantitative estimate of drug-likeness (QED) is 0.454. The van der Waals surface area contributed by atoms with Crippen LogP contribution >= 0.6 is 11.8 Å². The van der Waals surface area contributed by atoms with Crippen molar-refractivity contribution >= 4 is 46.5 Å². The van der Waals surface area contributed by atoms with E-state index in [0.717, 1.165) is 39.2 Å². The monoisotopic (exact) mass is 503 g/mol. The molecule has 2 aromatic carbocycles. The number of nitrogens with one attached hydrogen (secondary N) is 1. The van der Waals surface area contributed by atoms with Gasteiger partial charge in [0, 0.05) is 17.1 Å². The van der Waals surface area contributed by atoms with E-state index in [9.17, 15) is 24.3 Å². The van der Waals surface area contributed by atoms with E-state index < -0.39 is 23.0 Å². The zero-order valence-electron chi connectivity index (χ0n) is 20.3. The third kappa shape index (κ3) is 4.83. The Morgan fingerprint density at radius 3 is 2.42 bits per heavy atom. The summed E-state index contributed by atoms with van der Waals surface area (Å²) >= 11 is 0.772. The molecule has 1 aromatic heterocycles. The number of thioether (sulfide) groups is 1. The van der Waals surface area contributed by atoms with Crippen molar-refractivity contribution < 1.29 is 24.3 Å². The van der Waals surface area contributed by atoms with Crippen LogP contribution in [-0.2, 0) is 9.59 Å². The molecule has 2 N–H and O–H groups in total. The van der Waals surface area contributed by atoms with Crippen molar-refractivity contribution in [3.05, 3.63) is 87.1 Å². The van der Waals surface area contributed by atoms with E-state index in [1.165, 1.54) is 6.07 Å². The first-order valence-electron chi connectivity index (χ1n) is 11.2. The second-order valence-electron chi connectivity index (χ2n) is 8.60. The minimum Gasteiger partial charge on any atom is -0.478 e. The molecule has 1 fully saturated rings. The van der Waals surface area contributed by atoms with Crippen molar-refractivity contribution in [1.29, 1.82) is 0 Å². The summed E-state index contributed by atoms with van der Waals surface area (Å²) in [5.74, 6) is -2.05. The minimum atomic E-state index is -1.04. The molecule has 0 spiro atoms. The predicted molar refractivity (Wildman–Crippen MR) is 139 cm³/mol. The molecular formula is C27H25N3O5S. The maximum absolute atomic E-state index is 13.0. The van der Waals surface area contributed by atoms with Gasteiger partial charge in [-0.05, 0) is 92.6 Å². The Balaban J connectivity index is 1.56. The molecule has 1 aliphatic heterocycles. The molecule has 36 heavy (non-hydrogen) atoms. The minimum absolute atomic E-state index is 0.154. The number of para-hydroxylation sites is 1.